The van der Waals surface area contributed by atoms with E-state index in [1.54, 1.807) is 6.92 Å². The number of aromatic nitrogens is 2. The van der Waals surface area contributed by atoms with Gasteiger partial charge in [0.1, 0.15) is 32.6 Å². The average molecular weight is 344 g/mol. The first-order valence-electron chi connectivity index (χ1n) is 6.52. The standard InChI is InChI=1S/C11H16N6O7/c1-7-13-4-9(17(21)22)16(7)2-3-24-10(19)6-23-5-8(18)14-11(12)15-20/h4,20H,2-3,5-6H2,1H3,(H3,12,14,15,18). The van der Waals surface area contributed by atoms with Crippen LogP contribution in [0.2, 0.25) is 0 Å². The van der Waals surface area contributed by atoms with E-state index in [-0.39, 0.29) is 19.0 Å². The normalized spacial score (nSPS) is 11.1. The second kappa shape index (κ2) is 9.04. The molecule has 0 fully saturated rings. The van der Waals surface area contributed by atoms with Gasteiger partial charge >= 0.3 is 11.8 Å². The van der Waals surface area contributed by atoms with Crippen LogP contribution in [-0.4, -0.2) is 57.3 Å². The van der Waals surface area contributed by atoms with Crippen molar-refractivity contribution in [2.24, 2.45) is 10.9 Å². The molecule has 1 rings (SSSR count). The Morgan fingerprint density at radius 3 is 2.88 bits per heavy atom. The molecule has 0 spiro atoms. The molecule has 0 aliphatic heterocycles. The minimum absolute atomic E-state index is 0.0534. The first-order chi connectivity index (χ1) is 11.3. The van der Waals surface area contributed by atoms with Crippen molar-refractivity contribution in [3.63, 3.8) is 0 Å². The first kappa shape index (κ1) is 18.8. The van der Waals surface area contributed by atoms with Crippen LogP contribution in [0.5, 0.6) is 0 Å². The second-order valence-electron chi connectivity index (χ2n) is 4.32. The Bertz CT molecular complexity index is 641. The topological polar surface area (TPSA) is 184 Å². The minimum atomic E-state index is -0.757. The molecule has 0 saturated carbocycles. The molecule has 13 heteroatoms. The Hall–Kier alpha value is -3.22. The van der Waals surface area contributed by atoms with Gasteiger partial charge in [0.15, 0.2) is 5.82 Å². The number of nitrogens with zero attached hydrogens (tertiary/aromatic N) is 4. The van der Waals surface area contributed by atoms with E-state index in [1.165, 1.54) is 4.57 Å². The number of nitrogens with one attached hydrogen (secondary N) is 1. The number of ether oxygens (including phenoxy) is 2. The summed E-state index contributed by atoms with van der Waals surface area (Å²) < 4.78 is 10.9. The fourth-order valence-electron chi connectivity index (χ4n) is 1.60. The molecule has 132 valence electrons. The van der Waals surface area contributed by atoms with Crippen LogP contribution in [0, 0.1) is 17.0 Å². The van der Waals surface area contributed by atoms with Gasteiger partial charge in [-0.25, -0.2) is 14.3 Å². The third kappa shape index (κ3) is 5.88. The van der Waals surface area contributed by atoms with Crippen molar-refractivity contribution in [1.29, 1.82) is 0 Å². The minimum Gasteiger partial charge on any atom is -0.460 e. The number of nitro groups is 1. The lowest BCUT2D eigenvalue weighted by Gasteiger charge is -2.06. The molecule has 24 heavy (non-hydrogen) atoms. The summed E-state index contributed by atoms with van der Waals surface area (Å²) in [6, 6.07) is 0. The quantitative estimate of drug-likeness (QED) is 0.126. The fraction of sp³-hybridized carbons (Fsp3) is 0.455. The molecule has 0 atom stereocenters. The van der Waals surface area contributed by atoms with E-state index in [9.17, 15) is 19.7 Å². The van der Waals surface area contributed by atoms with Crippen LogP contribution >= 0.6 is 0 Å². The highest BCUT2D eigenvalue weighted by Crippen LogP contribution is 2.12. The molecule has 0 unspecified atom stereocenters. The zero-order chi connectivity index (χ0) is 18.1. The Morgan fingerprint density at radius 2 is 2.25 bits per heavy atom. The van der Waals surface area contributed by atoms with Gasteiger partial charge in [0, 0.05) is 6.92 Å². The summed E-state index contributed by atoms with van der Waals surface area (Å²) in [5.41, 5.74) is 5.03. The molecule has 0 bridgehead atoms. The summed E-state index contributed by atoms with van der Waals surface area (Å²) in [7, 11) is 0. The molecule has 1 aromatic rings. The molecule has 0 aromatic carbocycles. The van der Waals surface area contributed by atoms with E-state index >= 15 is 0 Å². The number of oxime groups is 1. The summed E-state index contributed by atoms with van der Waals surface area (Å²) in [5, 5.41) is 23.5. The third-order valence-electron chi connectivity index (χ3n) is 2.63. The van der Waals surface area contributed by atoms with Gasteiger partial charge in [-0.2, -0.15) is 0 Å². The van der Waals surface area contributed by atoms with E-state index in [0.29, 0.717) is 5.82 Å². The lowest BCUT2D eigenvalue weighted by Crippen LogP contribution is -2.39. The van der Waals surface area contributed by atoms with Crippen LogP contribution in [0.1, 0.15) is 5.82 Å². The number of imidazole rings is 1. The molecule has 13 nitrogen and oxygen atoms in total. The molecule has 0 aliphatic rings. The number of esters is 1. The van der Waals surface area contributed by atoms with Crippen LogP contribution in [0.4, 0.5) is 5.82 Å². The van der Waals surface area contributed by atoms with Crippen molar-refractivity contribution in [3.8, 4) is 0 Å². The zero-order valence-electron chi connectivity index (χ0n) is 12.7. The number of nitrogens with two attached hydrogens (primary N) is 1. The van der Waals surface area contributed by atoms with Crippen LogP contribution in [-0.2, 0) is 25.6 Å². The van der Waals surface area contributed by atoms with Crippen LogP contribution in [0.3, 0.4) is 0 Å². The zero-order valence-corrected chi connectivity index (χ0v) is 12.7. The predicted molar refractivity (Wildman–Crippen MR) is 76.9 cm³/mol. The monoisotopic (exact) mass is 344 g/mol. The summed E-state index contributed by atoms with van der Waals surface area (Å²) in [5.74, 6) is -1.79. The van der Waals surface area contributed by atoms with Crippen molar-refractivity contribution in [1.82, 2.24) is 14.9 Å². The van der Waals surface area contributed by atoms with Gasteiger partial charge < -0.3 is 30.5 Å². The number of hydrogen-bond acceptors (Lipinski definition) is 9. The maximum atomic E-state index is 11.4. The van der Waals surface area contributed by atoms with E-state index in [1.807, 2.05) is 5.32 Å². The summed E-state index contributed by atoms with van der Waals surface area (Å²) >= 11 is 0. The van der Waals surface area contributed by atoms with E-state index in [4.69, 9.17) is 20.4 Å². The lowest BCUT2D eigenvalue weighted by atomic mass is 10.5. The number of carbonyl (C=O) groups excluding carboxylic acids is 2. The number of carbonyl (C=O) groups is 2. The van der Waals surface area contributed by atoms with Crippen molar-refractivity contribution >= 4 is 23.7 Å². The molecule has 1 heterocycles. The molecule has 4 N–H and O–H groups in total. The smallest absolute Gasteiger partial charge is 0.342 e. The maximum Gasteiger partial charge on any atom is 0.342 e. The molecule has 0 aliphatic carbocycles. The van der Waals surface area contributed by atoms with E-state index in [2.05, 4.69) is 10.1 Å². The lowest BCUT2D eigenvalue weighted by molar-refractivity contribution is -0.392. The van der Waals surface area contributed by atoms with Crippen LogP contribution in [0.15, 0.2) is 11.4 Å². The number of guanidine groups is 1. The fourth-order valence-corrected chi connectivity index (χ4v) is 1.60. The van der Waals surface area contributed by atoms with Gasteiger partial charge in [-0.05, 0) is 4.92 Å². The molecular formula is C11H16N6O7. The summed E-state index contributed by atoms with van der Waals surface area (Å²) in [6.07, 6.45) is 1.11. The largest absolute Gasteiger partial charge is 0.460 e. The highest BCUT2D eigenvalue weighted by molar-refractivity contribution is 5.96. The Morgan fingerprint density at radius 1 is 1.54 bits per heavy atom. The van der Waals surface area contributed by atoms with E-state index in [0.717, 1.165) is 6.20 Å². The summed E-state index contributed by atoms with van der Waals surface area (Å²) in [4.78, 5) is 36.6. The van der Waals surface area contributed by atoms with Crippen LogP contribution in [0.25, 0.3) is 0 Å². The Labute approximate surface area is 135 Å². The molecule has 0 saturated heterocycles. The highest BCUT2D eigenvalue weighted by atomic mass is 16.6. The van der Waals surface area contributed by atoms with Crippen molar-refractivity contribution < 1.29 is 29.2 Å². The Kier molecular flexibility index (Phi) is 7.09. The first-order valence-corrected chi connectivity index (χ1v) is 6.52. The number of aryl methyl sites for hydroxylation is 1. The SMILES string of the molecule is Cc1ncc([N+](=O)[O-])n1CCOC(=O)COCC(=O)NC(N)=NO. The van der Waals surface area contributed by atoms with Crippen LogP contribution < -0.4 is 11.1 Å². The predicted octanol–water partition coefficient (Wildman–Crippen LogP) is -1.52. The molecule has 0 radical (unpaired) electrons. The maximum absolute atomic E-state index is 11.4. The van der Waals surface area contributed by atoms with Gasteiger partial charge in [0.2, 0.25) is 5.96 Å². The van der Waals surface area contributed by atoms with Crippen molar-refractivity contribution in [2.75, 3.05) is 19.8 Å². The average Bonchev–Trinajstić information content (AvgIpc) is 2.88. The van der Waals surface area contributed by atoms with E-state index < -0.39 is 36.0 Å². The molecule has 1 amide bonds. The number of hydrogen-bond donors (Lipinski definition) is 3. The van der Waals surface area contributed by atoms with Gasteiger partial charge in [0.05, 0.1) is 0 Å². The summed E-state index contributed by atoms with van der Waals surface area (Å²) in [6.45, 7) is 0.498. The van der Waals surface area contributed by atoms with Gasteiger partial charge in [-0.15, -0.1) is 0 Å². The Balaban J connectivity index is 2.29. The number of rotatable bonds is 8. The molecular weight excluding hydrogens is 328 g/mol. The van der Waals surface area contributed by atoms with Crippen molar-refractivity contribution in [3.05, 3.63) is 22.1 Å². The van der Waals surface area contributed by atoms with Gasteiger partial charge in [-0.1, -0.05) is 5.16 Å². The second-order valence-corrected chi connectivity index (χ2v) is 4.32. The number of amides is 1. The van der Waals surface area contributed by atoms with Gasteiger partial charge in [-0.3, -0.25) is 10.1 Å². The van der Waals surface area contributed by atoms with Crippen molar-refractivity contribution in [2.45, 2.75) is 13.5 Å². The third-order valence-corrected chi connectivity index (χ3v) is 2.63. The highest BCUT2D eigenvalue weighted by Gasteiger charge is 2.17. The van der Waals surface area contributed by atoms with Gasteiger partial charge in [0.25, 0.3) is 5.91 Å². The molecule has 1 aromatic heterocycles.